The number of nitrogens with one attached hydrogen (secondary N) is 1. The second-order valence-electron chi connectivity index (χ2n) is 7.84. The second-order valence-corrected chi connectivity index (χ2v) is 8.25. The molecule has 5 rings (SSSR count). The predicted octanol–water partition coefficient (Wildman–Crippen LogP) is 3.65. The van der Waals surface area contributed by atoms with Crippen molar-refractivity contribution in [3.8, 4) is 34.2 Å². The third-order valence-corrected chi connectivity index (χ3v) is 5.94. The van der Waals surface area contributed by atoms with Crippen molar-refractivity contribution in [1.29, 1.82) is 5.26 Å². The molecule has 0 radical (unpaired) electrons. The van der Waals surface area contributed by atoms with E-state index in [1.807, 2.05) is 0 Å². The van der Waals surface area contributed by atoms with Crippen LogP contribution in [-0.2, 0) is 13.6 Å². The van der Waals surface area contributed by atoms with Crippen LogP contribution in [0.15, 0.2) is 35.3 Å². The number of H-pyrrole nitrogens is 1. The topological polar surface area (TPSA) is 123 Å². The Morgan fingerprint density at radius 2 is 2.15 bits per heavy atom. The average Bonchev–Trinajstić information content (AvgIpc) is 3.55. The highest BCUT2D eigenvalue weighted by molar-refractivity contribution is 6.31. The third kappa shape index (κ3) is 3.53. The number of halogens is 2. The molecule has 1 fully saturated rings. The molecular formula is C23H18ClFN6O2. The van der Waals surface area contributed by atoms with E-state index in [9.17, 15) is 10.1 Å². The molecule has 0 unspecified atom stereocenters. The average molecular weight is 465 g/mol. The Labute approximate surface area is 192 Å². The van der Waals surface area contributed by atoms with E-state index < -0.39 is 5.82 Å². The van der Waals surface area contributed by atoms with Crippen LogP contribution < -0.4 is 16.0 Å². The molecule has 33 heavy (non-hydrogen) atoms. The van der Waals surface area contributed by atoms with Gasteiger partial charge < -0.3 is 10.5 Å². The lowest BCUT2D eigenvalue weighted by atomic mass is 9.95. The fourth-order valence-electron chi connectivity index (χ4n) is 3.88. The van der Waals surface area contributed by atoms with Gasteiger partial charge in [-0.1, -0.05) is 17.7 Å². The molecule has 8 nitrogen and oxygen atoms in total. The lowest BCUT2D eigenvalue weighted by Crippen LogP contribution is -2.13. The van der Waals surface area contributed by atoms with Crippen molar-refractivity contribution in [2.45, 2.75) is 25.5 Å². The molecule has 1 saturated carbocycles. The lowest BCUT2D eigenvalue weighted by molar-refractivity contribution is 0.302. The van der Waals surface area contributed by atoms with E-state index >= 15 is 4.39 Å². The molecule has 2 heterocycles. The molecule has 0 spiro atoms. The maximum atomic E-state index is 15.4. The first kappa shape index (κ1) is 21.1. The largest absolute Gasteiger partial charge is 0.489 e. The van der Waals surface area contributed by atoms with Gasteiger partial charge in [0.2, 0.25) is 0 Å². The van der Waals surface area contributed by atoms with E-state index in [-0.39, 0.29) is 40.1 Å². The molecule has 3 N–H and O–H groups in total. The van der Waals surface area contributed by atoms with Crippen LogP contribution in [0, 0.1) is 17.1 Å². The maximum absolute atomic E-state index is 15.4. The molecule has 2 aromatic heterocycles. The van der Waals surface area contributed by atoms with Crippen molar-refractivity contribution in [2.75, 3.05) is 0 Å². The summed E-state index contributed by atoms with van der Waals surface area (Å²) in [6.07, 6.45) is 3.32. The number of ether oxygens (including phenoxy) is 1. The van der Waals surface area contributed by atoms with Crippen LogP contribution >= 0.6 is 11.6 Å². The summed E-state index contributed by atoms with van der Waals surface area (Å²) in [6, 6.07) is 8.57. The van der Waals surface area contributed by atoms with Crippen LogP contribution in [0.25, 0.3) is 33.2 Å². The van der Waals surface area contributed by atoms with Gasteiger partial charge in [0.25, 0.3) is 5.56 Å². The number of benzene rings is 2. The number of fused-ring (bicyclic) bond motifs is 1. The summed E-state index contributed by atoms with van der Waals surface area (Å²) >= 11 is 6.20. The third-order valence-electron chi connectivity index (χ3n) is 5.66. The van der Waals surface area contributed by atoms with Gasteiger partial charge in [0.05, 0.1) is 39.7 Å². The first-order valence-electron chi connectivity index (χ1n) is 10.3. The minimum atomic E-state index is -0.734. The normalized spacial score (nSPS) is 13.3. The fraction of sp³-hybridized carbons (Fsp3) is 0.217. The molecule has 0 amide bonds. The monoisotopic (exact) mass is 464 g/mol. The zero-order valence-electron chi connectivity index (χ0n) is 17.5. The molecule has 1 aliphatic carbocycles. The highest BCUT2D eigenvalue weighted by Gasteiger charge is 2.29. The molecule has 10 heteroatoms. The molecule has 4 aromatic rings. The zero-order chi connectivity index (χ0) is 23.3. The zero-order valence-corrected chi connectivity index (χ0v) is 18.3. The standard InChI is InChI=1S/C23H18ClFN6O2/c1-31-22(20-15(8-26)19(33-12-3-4-12)7-17(24)21(20)25)16(10-28-31)11-2-5-13-14(6-11)18(9-27)29-30-23(13)32/h2,5-7,10,12H,3-4,9,27H2,1H3,(H,30,32). The van der Waals surface area contributed by atoms with Gasteiger partial charge >= 0.3 is 0 Å². The Bertz CT molecular complexity index is 1520. The highest BCUT2D eigenvalue weighted by Crippen LogP contribution is 2.43. The van der Waals surface area contributed by atoms with Crippen molar-refractivity contribution in [3.63, 3.8) is 0 Å². The van der Waals surface area contributed by atoms with Crippen molar-refractivity contribution in [3.05, 3.63) is 62.9 Å². The Balaban J connectivity index is 1.76. The van der Waals surface area contributed by atoms with Gasteiger partial charge in [0.15, 0.2) is 5.82 Å². The summed E-state index contributed by atoms with van der Waals surface area (Å²) < 4.78 is 22.7. The molecule has 1 aliphatic rings. The van der Waals surface area contributed by atoms with Gasteiger partial charge in [-0.25, -0.2) is 9.49 Å². The van der Waals surface area contributed by atoms with E-state index in [1.165, 1.54) is 10.7 Å². The molecule has 166 valence electrons. The number of nitrogens with two attached hydrogens (primary N) is 1. The van der Waals surface area contributed by atoms with Gasteiger partial charge in [0, 0.05) is 30.6 Å². The van der Waals surface area contributed by atoms with Crippen LogP contribution in [-0.4, -0.2) is 26.1 Å². The first-order valence-corrected chi connectivity index (χ1v) is 10.6. The summed E-state index contributed by atoms with van der Waals surface area (Å²) in [4.78, 5) is 12.2. The van der Waals surface area contributed by atoms with Crippen molar-refractivity contribution in [2.24, 2.45) is 12.8 Å². The van der Waals surface area contributed by atoms with Gasteiger partial charge in [-0.15, -0.1) is 0 Å². The summed E-state index contributed by atoms with van der Waals surface area (Å²) in [7, 11) is 1.65. The van der Waals surface area contributed by atoms with E-state index in [0.717, 1.165) is 12.8 Å². The Morgan fingerprint density at radius 3 is 2.85 bits per heavy atom. The Hall–Kier alpha value is -3.74. The fourth-order valence-corrected chi connectivity index (χ4v) is 4.08. The predicted molar refractivity (Wildman–Crippen MR) is 121 cm³/mol. The highest BCUT2D eigenvalue weighted by atomic mass is 35.5. The van der Waals surface area contributed by atoms with Crippen molar-refractivity contribution < 1.29 is 9.13 Å². The molecule has 2 aromatic carbocycles. The van der Waals surface area contributed by atoms with Crippen LogP contribution in [0.4, 0.5) is 4.39 Å². The summed E-state index contributed by atoms with van der Waals surface area (Å²) in [5, 5.41) is 21.5. The number of nitrogens with zero attached hydrogens (tertiary/aromatic N) is 4. The van der Waals surface area contributed by atoms with E-state index in [2.05, 4.69) is 21.4 Å². The first-order chi connectivity index (χ1) is 15.9. The van der Waals surface area contributed by atoms with Gasteiger partial charge in [0.1, 0.15) is 17.4 Å². The number of nitriles is 1. The van der Waals surface area contributed by atoms with Gasteiger partial charge in [-0.3, -0.25) is 9.48 Å². The molecule has 0 saturated heterocycles. The van der Waals surface area contributed by atoms with Gasteiger partial charge in [-0.2, -0.15) is 15.5 Å². The van der Waals surface area contributed by atoms with Gasteiger partial charge in [-0.05, 0) is 30.5 Å². The summed E-state index contributed by atoms with van der Waals surface area (Å²) in [5.74, 6) is -0.490. The SMILES string of the molecule is Cn1ncc(-c2ccc3c(=O)[nH]nc(CN)c3c2)c1-c1c(F)c(Cl)cc(OC2CC2)c1C#N. The number of rotatable bonds is 5. The number of hydrogen-bond acceptors (Lipinski definition) is 6. The number of aromatic amines is 1. The number of aryl methyl sites for hydroxylation is 1. The molecule has 0 aliphatic heterocycles. The lowest BCUT2D eigenvalue weighted by Gasteiger charge is -2.15. The smallest absolute Gasteiger partial charge is 0.272 e. The quantitative estimate of drug-likeness (QED) is 0.464. The summed E-state index contributed by atoms with van der Waals surface area (Å²) in [6.45, 7) is 0.125. The maximum Gasteiger partial charge on any atom is 0.272 e. The molecule has 0 bridgehead atoms. The number of aromatic nitrogens is 4. The van der Waals surface area contributed by atoms with E-state index in [1.54, 1.807) is 31.4 Å². The molecule has 0 atom stereocenters. The number of hydrogen-bond donors (Lipinski definition) is 2. The minimum Gasteiger partial charge on any atom is -0.489 e. The van der Waals surface area contributed by atoms with E-state index in [4.69, 9.17) is 22.1 Å². The summed E-state index contributed by atoms with van der Waals surface area (Å²) in [5.41, 5.74) is 7.61. The van der Waals surface area contributed by atoms with E-state index in [0.29, 0.717) is 33.3 Å². The van der Waals surface area contributed by atoms with Crippen molar-refractivity contribution >= 4 is 22.4 Å². The minimum absolute atomic E-state index is 0.00162. The van der Waals surface area contributed by atoms with Crippen LogP contribution in [0.5, 0.6) is 5.75 Å². The second kappa shape index (κ2) is 7.99. The Morgan fingerprint density at radius 1 is 1.36 bits per heavy atom. The molecular weight excluding hydrogens is 447 g/mol. The van der Waals surface area contributed by atoms with Crippen LogP contribution in [0.2, 0.25) is 5.02 Å². The van der Waals surface area contributed by atoms with Crippen LogP contribution in [0.1, 0.15) is 24.1 Å². The van der Waals surface area contributed by atoms with Crippen molar-refractivity contribution in [1.82, 2.24) is 20.0 Å². The van der Waals surface area contributed by atoms with Crippen LogP contribution in [0.3, 0.4) is 0 Å². The Kier molecular flexibility index (Phi) is 5.12.